The van der Waals surface area contributed by atoms with Crippen LogP contribution in [0.15, 0.2) is 18.2 Å². The fraction of sp³-hybridized carbons (Fsp3) is 0.417. The van der Waals surface area contributed by atoms with Gasteiger partial charge >= 0.3 is 0 Å². The highest BCUT2D eigenvalue weighted by Gasteiger charge is 2.51. The van der Waals surface area contributed by atoms with Crippen LogP contribution in [0, 0.1) is 17.0 Å². The minimum Gasteiger partial charge on any atom is -0.395 e. The minimum absolute atomic E-state index is 0.0242. The van der Waals surface area contributed by atoms with E-state index in [0.29, 0.717) is 12.8 Å². The Morgan fingerprint density at radius 3 is 2.59 bits per heavy atom. The molecule has 17 heavy (non-hydrogen) atoms. The van der Waals surface area contributed by atoms with Gasteiger partial charge in [-0.2, -0.15) is 0 Å². The number of hydrogen-bond acceptors (Lipinski definition) is 2. The van der Waals surface area contributed by atoms with Crippen LogP contribution in [0.5, 0.6) is 0 Å². The van der Waals surface area contributed by atoms with Gasteiger partial charge in [0.2, 0.25) is 5.91 Å². The lowest BCUT2D eigenvalue weighted by Gasteiger charge is -2.22. The zero-order valence-electron chi connectivity index (χ0n) is 9.41. The van der Waals surface area contributed by atoms with Crippen LogP contribution in [0.1, 0.15) is 12.8 Å². The summed E-state index contributed by atoms with van der Waals surface area (Å²) in [5.74, 6) is -1.80. The molecule has 0 atom stereocenters. The SMILES string of the molecule is CN(C(=O)C1(CO)CC1)c1ccc(F)cc1F. The van der Waals surface area contributed by atoms with Crippen LogP contribution in [0.2, 0.25) is 0 Å². The average Bonchev–Trinajstić information content (AvgIpc) is 3.08. The van der Waals surface area contributed by atoms with E-state index < -0.39 is 17.0 Å². The van der Waals surface area contributed by atoms with Crippen LogP contribution < -0.4 is 4.90 Å². The van der Waals surface area contributed by atoms with Crippen molar-refractivity contribution in [2.45, 2.75) is 12.8 Å². The van der Waals surface area contributed by atoms with Gasteiger partial charge in [0.25, 0.3) is 0 Å². The topological polar surface area (TPSA) is 40.5 Å². The number of carbonyl (C=O) groups excluding carboxylic acids is 1. The Kier molecular flexibility index (Phi) is 2.87. The summed E-state index contributed by atoms with van der Waals surface area (Å²) in [5, 5.41) is 9.13. The molecule has 1 saturated carbocycles. The second-order valence-corrected chi connectivity index (χ2v) is 4.40. The fourth-order valence-corrected chi connectivity index (χ4v) is 1.81. The number of aliphatic hydroxyl groups excluding tert-OH is 1. The Labute approximate surface area is 97.7 Å². The molecule has 5 heteroatoms. The molecule has 1 aliphatic carbocycles. The first-order valence-electron chi connectivity index (χ1n) is 5.34. The summed E-state index contributed by atoms with van der Waals surface area (Å²) in [4.78, 5) is 13.1. The highest BCUT2D eigenvalue weighted by atomic mass is 19.1. The molecule has 0 unspecified atom stereocenters. The summed E-state index contributed by atoms with van der Waals surface area (Å²) < 4.78 is 26.2. The molecule has 1 aliphatic rings. The van der Waals surface area contributed by atoms with Crippen molar-refractivity contribution in [3.05, 3.63) is 29.8 Å². The molecule has 1 aromatic rings. The normalized spacial score (nSPS) is 16.7. The smallest absolute Gasteiger partial charge is 0.235 e. The van der Waals surface area contributed by atoms with Gasteiger partial charge < -0.3 is 10.0 Å². The third-order valence-corrected chi connectivity index (χ3v) is 3.19. The Hall–Kier alpha value is -1.49. The van der Waals surface area contributed by atoms with E-state index in [1.807, 2.05) is 0 Å². The molecule has 2 rings (SSSR count). The summed E-state index contributed by atoms with van der Waals surface area (Å²) >= 11 is 0. The molecule has 92 valence electrons. The van der Waals surface area contributed by atoms with Crippen molar-refractivity contribution < 1.29 is 18.7 Å². The number of anilines is 1. The molecule has 3 nitrogen and oxygen atoms in total. The first-order valence-corrected chi connectivity index (χ1v) is 5.34. The van der Waals surface area contributed by atoms with E-state index in [0.717, 1.165) is 17.0 Å². The van der Waals surface area contributed by atoms with Crippen LogP contribution >= 0.6 is 0 Å². The van der Waals surface area contributed by atoms with Crippen molar-refractivity contribution in [1.82, 2.24) is 0 Å². The quantitative estimate of drug-likeness (QED) is 0.875. The Bertz CT molecular complexity index is 458. The molecule has 1 fully saturated rings. The predicted octanol–water partition coefficient (Wildman–Crippen LogP) is 1.70. The standard InChI is InChI=1S/C12H13F2NO2/c1-15(11(17)12(7-16)4-5-12)10-3-2-8(13)6-9(10)14/h2-3,6,16H,4-5,7H2,1H3. The van der Waals surface area contributed by atoms with Gasteiger partial charge in [0, 0.05) is 13.1 Å². The predicted molar refractivity (Wildman–Crippen MR) is 58.5 cm³/mol. The molecule has 0 aromatic heterocycles. The summed E-state index contributed by atoms with van der Waals surface area (Å²) in [6, 6.07) is 3.05. The summed E-state index contributed by atoms with van der Waals surface area (Å²) in [5.41, 5.74) is -0.730. The molecule has 0 saturated heterocycles. The second kappa shape index (κ2) is 4.07. The summed E-state index contributed by atoms with van der Waals surface area (Å²) in [7, 11) is 1.42. The minimum atomic E-state index is -0.783. The largest absolute Gasteiger partial charge is 0.395 e. The fourth-order valence-electron chi connectivity index (χ4n) is 1.81. The molecule has 0 bridgehead atoms. The van der Waals surface area contributed by atoms with Crippen LogP contribution in [-0.4, -0.2) is 24.7 Å². The van der Waals surface area contributed by atoms with Gasteiger partial charge in [0.05, 0.1) is 17.7 Å². The molecule has 1 amide bonds. The van der Waals surface area contributed by atoms with E-state index in [1.54, 1.807) is 0 Å². The summed E-state index contributed by atoms with van der Waals surface area (Å²) in [6.45, 7) is -0.237. The highest BCUT2D eigenvalue weighted by Crippen LogP contribution is 2.47. The van der Waals surface area contributed by atoms with Crippen molar-refractivity contribution in [3.63, 3.8) is 0 Å². The van der Waals surface area contributed by atoms with Crippen LogP contribution in [-0.2, 0) is 4.79 Å². The number of carbonyl (C=O) groups is 1. The van der Waals surface area contributed by atoms with Crippen molar-refractivity contribution in [3.8, 4) is 0 Å². The number of benzene rings is 1. The molecule has 0 heterocycles. The van der Waals surface area contributed by atoms with Gasteiger partial charge in [0.1, 0.15) is 11.6 Å². The van der Waals surface area contributed by atoms with E-state index in [-0.39, 0.29) is 18.2 Å². The van der Waals surface area contributed by atoms with Gasteiger partial charge in [-0.15, -0.1) is 0 Å². The Morgan fingerprint density at radius 2 is 2.12 bits per heavy atom. The van der Waals surface area contributed by atoms with E-state index in [9.17, 15) is 13.6 Å². The lowest BCUT2D eigenvalue weighted by atomic mass is 10.1. The second-order valence-electron chi connectivity index (χ2n) is 4.40. The van der Waals surface area contributed by atoms with Gasteiger partial charge in [-0.3, -0.25) is 4.79 Å². The first-order chi connectivity index (χ1) is 8.00. The van der Waals surface area contributed by atoms with Gasteiger partial charge in [0.15, 0.2) is 0 Å². The van der Waals surface area contributed by atoms with E-state index in [4.69, 9.17) is 5.11 Å². The van der Waals surface area contributed by atoms with Gasteiger partial charge in [-0.1, -0.05) is 0 Å². The maximum atomic E-state index is 13.5. The van der Waals surface area contributed by atoms with E-state index >= 15 is 0 Å². The molecular formula is C12H13F2NO2. The third-order valence-electron chi connectivity index (χ3n) is 3.19. The lowest BCUT2D eigenvalue weighted by Crippen LogP contribution is -2.36. The molecule has 0 radical (unpaired) electrons. The molecular weight excluding hydrogens is 228 g/mol. The van der Waals surface area contributed by atoms with Gasteiger partial charge in [-0.05, 0) is 25.0 Å². The number of nitrogens with zero attached hydrogens (tertiary/aromatic N) is 1. The van der Waals surface area contributed by atoms with Crippen LogP contribution in [0.4, 0.5) is 14.5 Å². The Morgan fingerprint density at radius 1 is 1.47 bits per heavy atom. The zero-order valence-corrected chi connectivity index (χ0v) is 9.41. The number of aliphatic hydroxyl groups is 1. The maximum absolute atomic E-state index is 13.5. The number of amides is 1. The Balaban J connectivity index is 2.25. The van der Waals surface area contributed by atoms with Crippen molar-refractivity contribution in [2.75, 3.05) is 18.6 Å². The van der Waals surface area contributed by atoms with Crippen LogP contribution in [0.25, 0.3) is 0 Å². The van der Waals surface area contributed by atoms with Gasteiger partial charge in [-0.25, -0.2) is 8.78 Å². The number of halogens is 2. The number of hydrogen-bond donors (Lipinski definition) is 1. The lowest BCUT2D eigenvalue weighted by molar-refractivity contribution is -0.124. The van der Waals surface area contributed by atoms with Crippen molar-refractivity contribution in [2.24, 2.45) is 5.41 Å². The van der Waals surface area contributed by atoms with E-state index in [2.05, 4.69) is 0 Å². The molecule has 1 aromatic carbocycles. The van der Waals surface area contributed by atoms with Crippen LogP contribution in [0.3, 0.4) is 0 Å². The first kappa shape index (κ1) is 12.0. The number of rotatable bonds is 3. The van der Waals surface area contributed by atoms with Crippen molar-refractivity contribution >= 4 is 11.6 Å². The maximum Gasteiger partial charge on any atom is 0.235 e. The van der Waals surface area contributed by atoms with E-state index in [1.165, 1.54) is 13.1 Å². The molecule has 0 aliphatic heterocycles. The molecule has 1 N–H and O–H groups in total. The summed E-state index contributed by atoms with van der Waals surface area (Å²) in [6.07, 6.45) is 1.21. The highest BCUT2D eigenvalue weighted by molar-refractivity contribution is 5.99. The zero-order chi connectivity index (χ0) is 12.6. The monoisotopic (exact) mass is 241 g/mol. The molecule has 0 spiro atoms. The average molecular weight is 241 g/mol. The van der Waals surface area contributed by atoms with Crippen molar-refractivity contribution in [1.29, 1.82) is 0 Å². The third kappa shape index (κ3) is 2.02.